The third kappa shape index (κ3) is 4.51. The third-order valence-corrected chi connectivity index (χ3v) is 3.06. The number of aromatic nitrogens is 1. The van der Waals surface area contributed by atoms with Crippen LogP contribution in [0.3, 0.4) is 0 Å². The van der Waals surface area contributed by atoms with Crippen molar-refractivity contribution in [3.8, 4) is 5.75 Å². The number of rotatable bonds is 5. The molecule has 0 aliphatic rings. The molecule has 5 nitrogen and oxygen atoms in total. The summed E-state index contributed by atoms with van der Waals surface area (Å²) in [7, 11) is 0. The van der Waals surface area contributed by atoms with Crippen LogP contribution in [0.15, 0.2) is 41.2 Å². The summed E-state index contributed by atoms with van der Waals surface area (Å²) in [4.78, 5) is 25.7. The molecule has 7 heteroatoms. The van der Waals surface area contributed by atoms with Crippen molar-refractivity contribution in [1.82, 2.24) is 10.3 Å². The highest BCUT2D eigenvalue weighted by Crippen LogP contribution is 2.15. The molecule has 110 valence electrons. The molecule has 2 N–H and O–H groups in total. The number of ether oxygens (including phenoxy) is 1. The van der Waals surface area contributed by atoms with Crippen LogP contribution in [0.1, 0.15) is 10.4 Å². The van der Waals surface area contributed by atoms with Gasteiger partial charge in [-0.05, 0) is 36.4 Å². The first-order chi connectivity index (χ1) is 10.1. The predicted molar refractivity (Wildman–Crippen MR) is 81.4 cm³/mol. The van der Waals surface area contributed by atoms with E-state index in [1.165, 1.54) is 12.1 Å². The lowest BCUT2D eigenvalue weighted by atomic mass is 10.2. The zero-order chi connectivity index (χ0) is 15.2. The maximum absolute atomic E-state index is 11.8. The fraction of sp³-hybridized carbons (Fsp3) is 0.143. The van der Waals surface area contributed by atoms with Crippen molar-refractivity contribution in [1.29, 1.82) is 0 Å². The molecule has 1 heterocycles. The van der Waals surface area contributed by atoms with E-state index in [1.807, 2.05) is 0 Å². The molecular weight excluding hydrogens is 315 g/mol. The largest absolute Gasteiger partial charge is 0.492 e. The highest BCUT2D eigenvalue weighted by molar-refractivity contribution is 6.30. The van der Waals surface area contributed by atoms with Crippen LogP contribution in [0.4, 0.5) is 0 Å². The number of aromatic amines is 1. The maximum atomic E-state index is 11.8. The van der Waals surface area contributed by atoms with Gasteiger partial charge in [0.05, 0.1) is 6.54 Å². The Bertz CT molecular complexity index is 683. The Morgan fingerprint density at radius 2 is 1.86 bits per heavy atom. The molecule has 0 radical (unpaired) electrons. The van der Waals surface area contributed by atoms with E-state index in [0.717, 1.165) is 0 Å². The van der Waals surface area contributed by atoms with Gasteiger partial charge in [-0.1, -0.05) is 23.2 Å². The number of H-pyrrole nitrogens is 1. The molecule has 2 aromatic rings. The molecule has 0 unspecified atom stereocenters. The minimum atomic E-state index is -0.529. The van der Waals surface area contributed by atoms with E-state index in [9.17, 15) is 9.59 Å². The average molecular weight is 327 g/mol. The van der Waals surface area contributed by atoms with Crippen molar-refractivity contribution < 1.29 is 9.53 Å². The van der Waals surface area contributed by atoms with Crippen LogP contribution in [0.5, 0.6) is 5.75 Å². The van der Waals surface area contributed by atoms with Crippen LogP contribution in [0.2, 0.25) is 10.2 Å². The summed E-state index contributed by atoms with van der Waals surface area (Å²) in [6.07, 6.45) is 0. The van der Waals surface area contributed by atoms with Gasteiger partial charge in [-0.2, -0.15) is 0 Å². The number of hydrogen-bond donors (Lipinski definition) is 2. The summed E-state index contributed by atoms with van der Waals surface area (Å²) in [6.45, 7) is 0.544. The van der Waals surface area contributed by atoms with Crippen molar-refractivity contribution in [3.63, 3.8) is 0 Å². The van der Waals surface area contributed by atoms with Crippen LogP contribution >= 0.6 is 23.2 Å². The molecule has 21 heavy (non-hydrogen) atoms. The molecular formula is C14H12Cl2N2O3. The Morgan fingerprint density at radius 1 is 1.14 bits per heavy atom. The van der Waals surface area contributed by atoms with Crippen molar-refractivity contribution in [3.05, 3.63) is 62.5 Å². The van der Waals surface area contributed by atoms with Crippen molar-refractivity contribution >= 4 is 29.1 Å². The van der Waals surface area contributed by atoms with Crippen LogP contribution < -0.4 is 15.6 Å². The SMILES string of the molecule is O=C(NCCOc1ccc(Cl)cc1)c1ccc(Cl)[nH]c1=O. The van der Waals surface area contributed by atoms with Crippen molar-refractivity contribution in [2.45, 2.75) is 0 Å². The van der Waals surface area contributed by atoms with Gasteiger partial charge in [-0.15, -0.1) is 0 Å². The van der Waals surface area contributed by atoms with Crippen LogP contribution in [-0.2, 0) is 0 Å². The lowest BCUT2D eigenvalue weighted by Crippen LogP contribution is -2.32. The van der Waals surface area contributed by atoms with Gasteiger partial charge in [0.1, 0.15) is 23.1 Å². The van der Waals surface area contributed by atoms with Gasteiger partial charge in [0.15, 0.2) is 0 Å². The molecule has 1 aromatic carbocycles. The summed E-state index contributed by atoms with van der Waals surface area (Å²) < 4.78 is 5.42. The molecule has 0 saturated heterocycles. The van der Waals surface area contributed by atoms with E-state index in [2.05, 4.69) is 10.3 Å². The van der Waals surface area contributed by atoms with E-state index in [0.29, 0.717) is 10.8 Å². The number of carbonyl (C=O) groups excluding carboxylic acids is 1. The zero-order valence-corrected chi connectivity index (χ0v) is 12.4. The van der Waals surface area contributed by atoms with E-state index in [-0.39, 0.29) is 23.9 Å². The smallest absolute Gasteiger partial charge is 0.261 e. The molecule has 0 bridgehead atoms. The summed E-state index contributed by atoms with van der Waals surface area (Å²) in [5, 5.41) is 3.39. The second kappa shape index (κ2) is 7.15. The van der Waals surface area contributed by atoms with E-state index in [4.69, 9.17) is 27.9 Å². The first-order valence-corrected chi connectivity index (χ1v) is 6.87. The van der Waals surface area contributed by atoms with Gasteiger partial charge in [-0.25, -0.2) is 0 Å². The summed E-state index contributed by atoms with van der Waals surface area (Å²) in [6, 6.07) is 9.70. The Hall–Kier alpha value is -1.98. The molecule has 0 spiro atoms. The van der Waals surface area contributed by atoms with Crippen molar-refractivity contribution in [2.24, 2.45) is 0 Å². The standard InChI is InChI=1S/C14H12Cl2N2O3/c15-9-1-3-10(4-2-9)21-8-7-17-13(19)11-5-6-12(16)18-14(11)20/h1-6H,7-8H2,(H,17,19)(H,18,20). The van der Waals surface area contributed by atoms with Gasteiger partial charge in [0.25, 0.3) is 11.5 Å². The number of benzene rings is 1. The fourth-order valence-corrected chi connectivity index (χ4v) is 1.86. The third-order valence-electron chi connectivity index (χ3n) is 2.59. The lowest BCUT2D eigenvalue weighted by Gasteiger charge is -2.07. The Labute approximate surface area is 130 Å². The second-order valence-corrected chi connectivity index (χ2v) is 4.95. The number of nitrogens with one attached hydrogen (secondary N) is 2. The van der Waals surface area contributed by atoms with Gasteiger partial charge < -0.3 is 15.0 Å². The van der Waals surface area contributed by atoms with Gasteiger partial charge in [0.2, 0.25) is 0 Å². The maximum Gasteiger partial charge on any atom is 0.261 e. The molecule has 0 saturated carbocycles. The topological polar surface area (TPSA) is 71.2 Å². The van der Waals surface area contributed by atoms with Gasteiger partial charge >= 0.3 is 0 Å². The highest BCUT2D eigenvalue weighted by Gasteiger charge is 2.09. The minimum Gasteiger partial charge on any atom is -0.492 e. The Kier molecular flexibility index (Phi) is 5.25. The summed E-state index contributed by atoms with van der Waals surface area (Å²) >= 11 is 11.4. The molecule has 1 aromatic heterocycles. The molecule has 0 aliphatic heterocycles. The van der Waals surface area contributed by atoms with Crippen molar-refractivity contribution in [2.75, 3.05) is 13.2 Å². The fourth-order valence-electron chi connectivity index (χ4n) is 1.59. The molecule has 2 rings (SSSR count). The molecule has 1 amide bonds. The van der Waals surface area contributed by atoms with E-state index in [1.54, 1.807) is 24.3 Å². The minimum absolute atomic E-state index is 0.00546. The number of amides is 1. The van der Waals surface area contributed by atoms with E-state index >= 15 is 0 Å². The number of carbonyl (C=O) groups is 1. The monoisotopic (exact) mass is 326 g/mol. The van der Waals surface area contributed by atoms with Crippen LogP contribution in [-0.4, -0.2) is 24.0 Å². The van der Waals surface area contributed by atoms with Crippen LogP contribution in [0, 0.1) is 0 Å². The van der Waals surface area contributed by atoms with Gasteiger partial charge in [0, 0.05) is 5.02 Å². The predicted octanol–water partition coefficient (Wildman–Crippen LogP) is 2.49. The molecule has 0 fully saturated rings. The van der Waals surface area contributed by atoms with Crippen LogP contribution in [0.25, 0.3) is 0 Å². The second-order valence-electron chi connectivity index (χ2n) is 4.11. The lowest BCUT2D eigenvalue weighted by molar-refractivity contribution is 0.0945. The zero-order valence-electron chi connectivity index (χ0n) is 10.9. The average Bonchev–Trinajstić information content (AvgIpc) is 2.45. The summed E-state index contributed by atoms with van der Waals surface area (Å²) in [5.74, 6) is 0.172. The molecule has 0 atom stereocenters. The quantitative estimate of drug-likeness (QED) is 0.655. The Balaban J connectivity index is 1.82. The number of pyridine rings is 1. The first-order valence-electron chi connectivity index (χ1n) is 6.11. The summed E-state index contributed by atoms with van der Waals surface area (Å²) in [5.41, 5.74) is -0.524. The number of hydrogen-bond acceptors (Lipinski definition) is 3. The van der Waals surface area contributed by atoms with E-state index < -0.39 is 11.5 Å². The normalized spacial score (nSPS) is 10.2. The van der Waals surface area contributed by atoms with Gasteiger partial charge in [-0.3, -0.25) is 9.59 Å². The number of halogens is 2. The molecule has 0 aliphatic carbocycles. The first kappa shape index (κ1) is 15.4. The highest BCUT2D eigenvalue weighted by atomic mass is 35.5. The Morgan fingerprint density at radius 3 is 2.52 bits per heavy atom.